The van der Waals surface area contributed by atoms with E-state index in [9.17, 15) is 9.90 Å². The lowest BCUT2D eigenvalue weighted by Crippen LogP contribution is -2.46. The summed E-state index contributed by atoms with van der Waals surface area (Å²) in [4.78, 5) is 15.3. The highest BCUT2D eigenvalue weighted by Gasteiger charge is 2.43. The molecule has 2 aromatic rings. The minimum absolute atomic E-state index is 0.0915. The van der Waals surface area contributed by atoms with Crippen LogP contribution in [0.3, 0.4) is 0 Å². The highest BCUT2D eigenvalue weighted by Crippen LogP contribution is 2.44. The molecule has 5 rings (SSSR count). The van der Waals surface area contributed by atoms with Gasteiger partial charge in [-0.25, -0.2) is 0 Å². The molecule has 2 bridgehead atoms. The average Bonchev–Trinajstić information content (AvgIpc) is 2.96. The SMILES string of the molecule is O=C(c1ccc2c(c1)OCCO2)N1C2CCC1CC(c1cccc(O)c1)C2. The van der Waals surface area contributed by atoms with Gasteiger partial charge >= 0.3 is 0 Å². The number of aromatic hydroxyl groups is 1. The van der Waals surface area contributed by atoms with Gasteiger partial charge < -0.3 is 19.5 Å². The number of carbonyl (C=O) groups excluding carboxylic acids is 1. The Labute approximate surface area is 158 Å². The summed E-state index contributed by atoms with van der Waals surface area (Å²) in [6, 6.07) is 13.6. The average molecular weight is 365 g/mol. The van der Waals surface area contributed by atoms with Crippen LogP contribution in [0.4, 0.5) is 0 Å². The van der Waals surface area contributed by atoms with Gasteiger partial charge in [-0.2, -0.15) is 0 Å². The van der Waals surface area contributed by atoms with Gasteiger partial charge in [0.2, 0.25) is 0 Å². The van der Waals surface area contributed by atoms with Gasteiger partial charge in [0, 0.05) is 17.6 Å². The summed E-state index contributed by atoms with van der Waals surface area (Å²) in [7, 11) is 0. The van der Waals surface area contributed by atoms with E-state index in [0.29, 0.717) is 41.9 Å². The minimum atomic E-state index is 0.0915. The Morgan fingerprint density at radius 3 is 2.44 bits per heavy atom. The van der Waals surface area contributed by atoms with E-state index in [1.807, 2.05) is 30.3 Å². The molecule has 3 heterocycles. The van der Waals surface area contributed by atoms with Gasteiger partial charge in [0.1, 0.15) is 19.0 Å². The number of piperidine rings is 1. The number of amides is 1. The van der Waals surface area contributed by atoms with Crippen molar-refractivity contribution in [3.05, 3.63) is 53.6 Å². The Morgan fingerprint density at radius 2 is 1.70 bits per heavy atom. The fraction of sp³-hybridized carbons (Fsp3) is 0.409. The molecule has 3 aliphatic heterocycles. The second kappa shape index (κ2) is 6.48. The first kappa shape index (κ1) is 16.5. The van der Waals surface area contributed by atoms with E-state index in [-0.39, 0.29) is 18.0 Å². The van der Waals surface area contributed by atoms with Crippen LogP contribution in [0.5, 0.6) is 17.2 Å². The number of phenols is 1. The van der Waals surface area contributed by atoms with Gasteiger partial charge in [0.05, 0.1) is 0 Å². The van der Waals surface area contributed by atoms with Crippen molar-refractivity contribution in [2.24, 2.45) is 0 Å². The van der Waals surface area contributed by atoms with Crippen molar-refractivity contribution in [2.75, 3.05) is 13.2 Å². The molecule has 1 N–H and O–H groups in total. The summed E-state index contributed by atoms with van der Waals surface area (Å²) in [5, 5.41) is 9.79. The zero-order chi connectivity index (χ0) is 18.4. The topological polar surface area (TPSA) is 59.0 Å². The lowest BCUT2D eigenvalue weighted by Gasteiger charge is -2.39. The smallest absolute Gasteiger partial charge is 0.254 e. The number of nitrogens with zero attached hydrogens (tertiary/aromatic N) is 1. The predicted octanol–water partition coefficient (Wildman–Crippen LogP) is 3.71. The van der Waals surface area contributed by atoms with Crippen molar-refractivity contribution in [3.8, 4) is 17.2 Å². The summed E-state index contributed by atoms with van der Waals surface area (Å²) in [6.45, 7) is 1.07. The van der Waals surface area contributed by atoms with Crippen LogP contribution in [0, 0.1) is 0 Å². The molecule has 2 fully saturated rings. The van der Waals surface area contributed by atoms with Crippen LogP contribution >= 0.6 is 0 Å². The second-order valence-corrected chi connectivity index (χ2v) is 7.72. The Kier molecular flexibility index (Phi) is 3.96. The number of hydrogen-bond donors (Lipinski definition) is 1. The number of phenolic OH excluding ortho intramolecular Hbond substituents is 1. The van der Waals surface area contributed by atoms with Crippen LogP contribution in [0.15, 0.2) is 42.5 Å². The third-order valence-corrected chi connectivity index (χ3v) is 6.10. The van der Waals surface area contributed by atoms with E-state index in [2.05, 4.69) is 11.0 Å². The highest BCUT2D eigenvalue weighted by atomic mass is 16.6. The lowest BCUT2D eigenvalue weighted by molar-refractivity contribution is 0.0570. The molecule has 2 saturated heterocycles. The summed E-state index contributed by atoms with van der Waals surface area (Å²) in [5.41, 5.74) is 1.85. The third-order valence-electron chi connectivity index (χ3n) is 6.10. The molecule has 0 radical (unpaired) electrons. The van der Waals surface area contributed by atoms with Gasteiger partial charge in [-0.05, 0) is 67.5 Å². The Hall–Kier alpha value is -2.69. The van der Waals surface area contributed by atoms with Crippen molar-refractivity contribution in [2.45, 2.75) is 43.7 Å². The van der Waals surface area contributed by atoms with Crippen LogP contribution in [-0.2, 0) is 0 Å². The van der Waals surface area contributed by atoms with E-state index in [0.717, 1.165) is 25.7 Å². The number of ether oxygens (including phenoxy) is 2. The van der Waals surface area contributed by atoms with Gasteiger partial charge in [-0.1, -0.05) is 12.1 Å². The molecule has 0 saturated carbocycles. The van der Waals surface area contributed by atoms with Crippen LogP contribution in [0.2, 0.25) is 0 Å². The molecular formula is C22H23NO4. The molecule has 5 heteroatoms. The van der Waals surface area contributed by atoms with E-state index in [1.165, 1.54) is 5.56 Å². The molecule has 2 aromatic carbocycles. The molecule has 2 atom stereocenters. The maximum absolute atomic E-state index is 13.2. The maximum atomic E-state index is 13.2. The zero-order valence-electron chi connectivity index (χ0n) is 15.1. The summed E-state index contributed by atoms with van der Waals surface area (Å²) >= 11 is 0. The molecule has 2 unspecified atom stereocenters. The number of carbonyl (C=O) groups is 1. The number of hydrogen-bond acceptors (Lipinski definition) is 4. The molecule has 3 aliphatic rings. The molecule has 140 valence electrons. The van der Waals surface area contributed by atoms with Crippen molar-refractivity contribution < 1.29 is 19.4 Å². The van der Waals surface area contributed by atoms with Crippen molar-refractivity contribution >= 4 is 5.91 Å². The monoisotopic (exact) mass is 365 g/mol. The largest absolute Gasteiger partial charge is 0.508 e. The lowest BCUT2D eigenvalue weighted by atomic mass is 9.84. The molecule has 0 aliphatic carbocycles. The fourth-order valence-corrected chi connectivity index (χ4v) is 4.88. The predicted molar refractivity (Wildman–Crippen MR) is 100 cm³/mol. The maximum Gasteiger partial charge on any atom is 0.254 e. The first-order chi connectivity index (χ1) is 13.2. The third kappa shape index (κ3) is 2.91. The molecule has 5 nitrogen and oxygen atoms in total. The fourth-order valence-electron chi connectivity index (χ4n) is 4.88. The number of fused-ring (bicyclic) bond motifs is 3. The van der Waals surface area contributed by atoms with E-state index >= 15 is 0 Å². The number of benzene rings is 2. The normalized spacial score (nSPS) is 26.1. The van der Waals surface area contributed by atoms with Gasteiger partial charge in [0.15, 0.2) is 11.5 Å². The van der Waals surface area contributed by atoms with Crippen molar-refractivity contribution in [1.29, 1.82) is 0 Å². The first-order valence-corrected chi connectivity index (χ1v) is 9.70. The molecule has 0 spiro atoms. The van der Waals surface area contributed by atoms with Crippen LogP contribution in [-0.4, -0.2) is 41.2 Å². The minimum Gasteiger partial charge on any atom is -0.508 e. The standard InChI is InChI=1S/C22H23NO4/c24-19-3-1-2-14(12-19)16-10-17-5-6-18(11-16)23(17)22(25)15-4-7-20-21(13-15)27-9-8-26-20/h1-4,7,12-13,16-18,24H,5-6,8-11H2. The van der Waals surface area contributed by atoms with E-state index in [4.69, 9.17) is 9.47 Å². The van der Waals surface area contributed by atoms with E-state index < -0.39 is 0 Å². The van der Waals surface area contributed by atoms with Crippen molar-refractivity contribution in [1.82, 2.24) is 4.90 Å². The number of rotatable bonds is 2. The summed E-state index contributed by atoms with van der Waals surface area (Å²) < 4.78 is 11.2. The van der Waals surface area contributed by atoms with Crippen LogP contribution < -0.4 is 9.47 Å². The molecular weight excluding hydrogens is 342 g/mol. The molecule has 27 heavy (non-hydrogen) atoms. The Morgan fingerprint density at radius 1 is 0.963 bits per heavy atom. The first-order valence-electron chi connectivity index (χ1n) is 9.70. The summed E-state index contributed by atoms with van der Waals surface area (Å²) in [6.07, 6.45) is 4.01. The summed E-state index contributed by atoms with van der Waals surface area (Å²) in [5.74, 6) is 2.18. The highest BCUT2D eigenvalue weighted by molar-refractivity contribution is 5.95. The Balaban J connectivity index is 1.37. The zero-order valence-corrected chi connectivity index (χ0v) is 15.1. The van der Waals surface area contributed by atoms with Crippen LogP contribution in [0.1, 0.15) is 47.5 Å². The van der Waals surface area contributed by atoms with Gasteiger partial charge in [0.25, 0.3) is 5.91 Å². The second-order valence-electron chi connectivity index (χ2n) is 7.72. The Bertz CT molecular complexity index is 866. The van der Waals surface area contributed by atoms with Gasteiger partial charge in [-0.15, -0.1) is 0 Å². The van der Waals surface area contributed by atoms with Crippen molar-refractivity contribution in [3.63, 3.8) is 0 Å². The van der Waals surface area contributed by atoms with Gasteiger partial charge in [-0.3, -0.25) is 4.79 Å². The molecule has 1 amide bonds. The molecule has 0 aromatic heterocycles. The quantitative estimate of drug-likeness (QED) is 0.881. The van der Waals surface area contributed by atoms with Crippen LogP contribution in [0.25, 0.3) is 0 Å². The van der Waals surface area contributed by atoms with E-state index in [1.54, 1.807) is 6.07 Å².